The average molecular weight is 547 g/mol. The van der Waals surface area contributed by atoms with Gasteiger partial charge >= 0.3 is 6.18 Å². The van der Waals surface area contributed by atoms with Crippen LogP contribution in [0.5, 0.6) is 0 Å². The maximum absolute atomic E-state index is 13.8. The van der Waals surface area contributed by atoms with Gasteiger partial charge in [-0.05, 0) is 68.0 Å². The number of pyridine rings is 1. The summed E-state index contributed by atoms with van der Waals surface area (Å²) >= 11 is 0. The van der Waals surface area contributed by atoms with Crippen LogP contribution in [0.1, 0.15) is 70.7 Å². The van der Waals surface area contributed by atoms with Gasteiger partial charge in [0.15, 0.2) is 5.78 Å². The number of benzene rings is 2. The van der Waals surface area contributed by atoms with Gasteiger partial charge in [0.25, 0.3) is 0 Å². The number of aromatic nitrogens is 3. The second kappa shape index (κ2) is 9.96. The van der Waals surface area contributed by atoms with Crippen molar-refractivity contribution in [3.8, 4) is 0 Å². The number of aryl methyl sites for hydroxylation is 1. The number of imidazole rings is 1. The number of hydrogen-bond donors (Lipinski definition) is 1. The van der Waals surface area contributed by atoms with Crippen LogP contribution in [0.3, 0.4) is 0 Å². The van der Waals surface area contributed by atoms with Crippen LogP contribution >= 0.6 is 0 Å². The van der Waals surface area contributed by atoms with E-state index < -0.39 is 17.6 Å². The molecule has 40 heavy (non-hydrogen) atoms. The molecule has 0 spiro atoms. The molecule has 6 rings (SSSR count). The smallest absolute Gasteiger partial charge is 0.388 e. The Hall–Kier alpha value is -3.85. The fourth-order valence-electron chi connectivity index (χ4n) is 6.20. The first-order valence-corrected chi connectivity index (χ1v) is 13.5. The molecule has 3 heterocycles. The van der Waals surface area contributed by atoms with Crippen molar-refractivity contribution in [2.24, 2.45) is 10.9 Å². The van der Waals surface area contributed by atoms with E-state index in [4.69, 9.17) is 0 Å². The molecule has 1 aliphatic heterocycles. The highest BCUT2D eigenvalue weighted by Gasteiger charge is 2.42. The minimum Gasteiger partial charge on any atom is -0.388 e. The molecule has 6 nitrogen and oxygen atoms in total. The lowest BCUT2D eigenvalue weighted by Gasteiger charge is -2.37. The molecular formula is C31H29F3N4O2. The fraction of sp³-hybridized carbons (Fsp3) is 0.355. The second-order valence-electron chi connectivity index (χ2n) is 11.0. The Morgan fingerprint density at radius 3 is 2.77 bits per heavy atom. The molecule has 2 aromatic carbocycles. The molecule has 0 amide bonds. The van der Waals surface area contributed by atoms with Crippen LogP contribution in [-0.4, -0.2) is 36.7 Å². The van der Waals surface area contributed by atoms with Crippen molar-refractivity contribution in [3.05, 3.63) is 94.6 Å². The molecule has 0 saturated heterocycles. The predicted octanol–water partition coefficient (Wildman–Crippen LogP) is 6.30. The van der Waals surface area contributed by atoms with Gasteiger partial charge in [0.05, 0.1) is 35.4 Å². The van der Waals surface area contributed by atoms with Gasteiger partial charge in [0, 0.05) is 35.0 Å². The SMILES string of the molecule is Cc1cc(C2=NCc3ccc(C(=O)C[C@@H]4CCC[C@@](O)(Cn5c(C(F)(F)F)nc6ccccc65)C4)cc32)ccn1. The van der Waals surface area contributed by atoms with Crippen LogP contribution in [0.4, 0.5) is 13.2 Å². The normalized spacial score (nSPS) is 20.9. The first-order chi connectivity index (χ1) is 19.1. The first-order valence-electron chi connectivity index (χ1n) is 13.5. The maximum atomic E-state index is 13.8. The number of ketones is 1. The van der Waals surface area contributed by atoms with Crippen molar-refractivity contribution < 1.29 is 23.1 Å². The van der Waals surface area contributed by atoms with Crippen LogP contribution in [0, 0.1) is 12.8 Å². The lowest BCUT2D eigenvalue weighted by Crippen LogP contribution is -2.40. The van der Waals surface area contributed by atoms with E-state index in [0.717, 1.165) is 39.1 Å². The van der Waals surface area contributed by atoms with Crippen molar-refractivity contribution in [2.45, 2.75) is 63.9 Å². The molecule has 0 radical (unpaired) electrons. The van der Waals surface area contributed by atoms with Crippen LogP contribution < -0.4 is 0 Å². The number of halogens is 3. The number of rotatable bonds is 6. The first kappa shape index (κ1) is 26.4. The van der Waals surface area contributed by atoms with E-state index >= 15 is 0 Å². The highest BCUT2D eigenvalue weighted by Crippen LogP contribution is 2.39. The summed E-state index contributed by atoms with van der Waals surface area (Å²) in [5.41, 5.74) is 4.45. The predicted molar refractivity (Wildman–Crippen MR) is 145 cm³/mol. The molecular weight excluding hydrogens is 517 g/mol. The molecule has 0 unspecified atom stereocenters. The summed E-state index contributed by atoms with van der Waals surface area (Å²) in [5.74, 6) is -1.20. The Morgan fingerprint density at radius 2 is 1.98 bits per heavy atom. The number of Topliss-reactive ketones (excluding diaryl/α,β-unsaturated/α-hetero) is 1. The highest BCUT2D eigenvalue weighted by molar-refractivity contribution is 6.16. The van der Waals surface area contributed by atoms with Gasteiger partial charge in [-0.1, -0.05) is 30.7 Å². The lowest BCUT2D eigenvalue weighted by atomic mass is 9.75. The number of nitrogens with zero attached hydrogens (tertiary/aromatic N) is 4. The van der Waals surface area contributed by atoms with Gasteiger partial charge < -0.3 is 9.67 Å². The van der Waals surface area contributed by atoms with Crippen LogP contribution in [0.25, 0.3) is 11.0 Å². The highest BCUT2D eigenvalue weighted by atomic mass is 19.4. The number of fused-ring (bicyclic) bond motifs is 2. The maximum Gasteiger partial charge on any atom is 0.449 e. The molecule has 1 aliphatic carbocycles. The Labute approximate surface area is 229 Å². The molecule has 2 aromatic heterocycles. The Kier molecular flexibility index (Phi) is 6.57. The number of carbonyl (C=O) groups is 1. The molecule has 2 atom stereocenters. The molecule has 4 aromatic rings. The molecule has 9 heteroatoms. The third-order valence-electron chi connectivity index (χ3n) is 8.02. The van der Waals surface area contributed by atoms with Crippen molar-refractivity contribution in [1.82, 2.24) is 14.5 Å². The largest absolute Gasteiger partial charge is 0.449 e. The molecule has 1 saturated carbocycles. The summed E-state index contributed by atoms with van der Waals surface area (Å²) in [4.78, 5) is 26.2. The quantitative estimate of drug-likeness (QED) is 0.288. The van der Waals surface area contributed by atoms with Crippen LogP contribution in [0.15, 0.2) is 65.8 Å². The van der Waals surface area contributed by atoms with Gasteiger partial charge in [0.1, 0.15) is 0 Å². The van der Waals surface area contributed by atoms with E-state index in [9.17, 15) is 23.1 Å². The second-order valence-corrected chi connectivity index (χ2v) is 11.0. The van der Waals surface area contributed by atoms with E-state index in [1.807, 2.05) is 37.3 Å². The molecule has 0 bridgehead atoms. The summed E-state index contributed by atoms with van der Waals surface area (Å²) in [6, 6.07) is 16.0. The number of alkyl halides is 3. The molecule has 1 N–H and O–H groups in total. The zero-order valence-corrected chi connectivity index (χ0v) is 22.1. The number of hydrogen-bond acceptors (Lipinski definition) is 5. The monoisotopic (exact) mass is 546 g/mol. The van der Waals surface area contributed by atoms with Crippen molar-refractivity contribution in [2.75, 3.05) is 0 Å². The van der Waals surface area contributed by atoms with E-state index in [1.165, 1.54) is 6.07 Å². The van der Waals surface area contributed by atoms with Gasteiger partial charge in [-0.25, -0.2) is 4.98 Å². The van der Waals surface area contributed by atoms with Crippen molar-refractivity contribution >= 4 is 22.5 Å². The van der Waals surface area contributed by atoms with Gasteiger partial charge in [-0.3, -0.25) is 14.8 Å². The van der Waals surface area contributed by atoms with Gasteiger partial charge in [0.2, 0.25) is 5.82 Å². The number of carbonyl (C=O) groups excluding carboxylic acids is 1. The minimum absolute atomic E-state index is 0.0433. The Bertz CT molecular complexity index is 1640. The lowest BCUT2D eigenvalue weighted by molar-refractivity contribution is -0.148. The Morgan fingerprint density at radius 1 is 1.15 bits per heavy atom. The molecule has 2 aliphatic rings. The van der Waals surface area contributed by atoms with Gasteiger partial charge in [-0.15, -0.1) is 0 Å². The summed E-state index contributed by atoms with van der Waals surface area (Å²) in [6.07, 6.45) is -0.705. The van der Waals surface area contributed by atoms with Crippen molar-refractivity contribution in [1.29, 1.82) is 0 Å². The Balaban J connectivity index is 1.20. The zero-order chi connectivity index (χ0) is 28.1. The fourth-order valence-corrected chi connectivity index (χ4v) is 6.20. The third-order valence-corrected chi connectivity index (χ3v) is 8.02. The van der Waals surface area contributed by atoms with Gasteiger partial charge in [-0.2, -0.15) is 13.2 Å². The van der Waals surface area contributed by atoms with E-state index in [-0.39, 0.29) is 36.6 Å². The minimum atomic E-state index is -4.65. The molecule has 1 fully saturated rings. The molecule has 206 valence electrons. The standard InChI is InChI=1S/C31H29F3N4O2/c1-19-13-22(10-12-35-19)28-24-15-21(8-9-23(24)17-36-28)27(39)14-20-5-4-11-30(40,16-20)18-38-26-7-3-2-6-25(26)37-29(38)31(32,33)34/h2-3,6-10,12-13,15,20,40H,4-5,11,14,16-18H2,1H3/t20-,30-/m0/s1. The van der Waals surface area contributed by atoms with E-state index in [0.29, 0.717) is 30.5 Å². The zero-order valence-electron chi connectivity index (χ0n) is 22.1. The van der Waals surface area contributed by atoms with Crippen LogP contribution in [0.2, 0.25) is 0 Å². The number of para-hydroxylation sites is 2. The van der Waals surface area contributed by atoms with Crippen LogP contribution in [-0.2, 0) is 19.3 Å². The summed E-state index contributed by atoms with van der Waals surface area (Å²) < 4.78 is 42.6. The van der Waals surface area contributed by atoms with E-state index in [2.05, 4.69) is 15.0 Å². The number of aliphatic hydroxyl groups is 1. The van der Waals surface area contributed by atoms with E-state index in [1.54, 1.807) is 24.4 Å². The topological polar surface area (TPSA) is 80.4 Å². The summed E-state index contributed by atoms with van der Waals surface area (Å²) in [6.45, 7) is 2.25. The average Bonchev–Trinajstić information content (AvgIpc) is 3.50. The number of aliphatic imine (C=N–C) groups is 1. The van der Waals surface area contributed by atoms with Crippen molar-refractivity contribution in [3.63, 3.8) is 0 Å². The summed E-state index contributed by atoms with van der Waals surface area (Å²) in [7, 11) is 0. The third kappa shape index (κ3) is 5.06. The summed E-state index contributed by atoms with van der Waals surface area (Å²) in [5, 5.41) is 11.5.